The predicted molar refractivity (Wildman–Crippen MR) is 73.0 cm³/mol. The van der Waals surface area contributed by atoms with Crippen LogP contribution in [0.3, 0.4) is 0 Å². The fourth-order valence-electron chi connectivity index (χ4n) is 2.03. The zero-order chi connectivity index (χ0) is 12.6. The van der Waals surface area contributed by atoms with Gasteiger partial charge in [-0.15, -0.1) is 0 Å². The largest absolute Gasteiger partial charge is 0.322 e. The Balaban J connectivity index is 2.79. The van der Waals surface area contributed by atoms with Crippen LogP contribution in [0.2, 0.25) is 0 Å². The van der Waals surface area contributed by atoms with Crippen molar-refractivity contribution in [3.05, 3.63) is 35.5 Å². The molecule has 2 rings (SSSR count). The van der Waals surface area contributed by atoms with Gasteiger partial charge in [-0.25, -0.2) is 4.98 Å². The van der Waals surface area contributed by atoms with Crippen LogP contribution < -0.4 is 11.3 Å². The number of aromatic nitrogens is 1. The smallest absolute Gasteiger partial charge is 0.0736 e. The molecule has 0 unspecified atom stereocenters. The van der Waals surface area contributed by atoms with E-state index in [4.69, 9.17) is 10.8 Å². The summed E-state index contributed by atoms with van der Waals surface area (Å²) in [6.45, 7) is 8.50. The van der Waals surface area contributed by atoms with E-state index in [2.05, 4.69) is 51.3 Å². The zero-order valence-corrected chi connectivity index (χ0v) is 10.8. The Labute approximate surface area is 102 Å². The van der Waals surface area contributed by atoms with Gasteiger partial charge in [-0.05, 0) is 18.6 Å². The molecule has 0 bridgehead atoms. The Bertz CT molecular complexity index is 553. The van der Waals surface area contributed by atoms with Crippen LogP contribution in [-0.4, -0.2) is 4.98 Å². The minimum absolute atomic E-state index is 0.0296. The van der Waals surface area contributed by atoms with Crippen LogP contribution in [0.25, 0.3) is 10.9 Å². The highest BCUT2D eigenvalue weighted by atomic mass is 15.2. The highest BCUT2D eigenvalue weighted by Gasteiger charge is 2.20. The Morgan fingerprint density at radius 1 is 1.24 bits per heavy atom. The number of hydrogen-bond donors (Lipinski definition) is 2. The molecule has 0 atom stereocenters. The first-order chi connectivity index (χ1) is 7.93. The molecule has 0 saturated carbocycles. The molecule has 2 aromatic rings. The number of aryl methyl sites for hydroxylation is 1. The molecule has 0 spiro atoms. The quantitative estimate of drug-likeness (QED) is 0.583. The molecule has 3 heteroatoms. The number of hydrazine groups is 1. The summed E-state index contributed by atoms with van der Waals surface area (Å²) in [5, 5.41) is 1.12. The second kappa shape index (κ2) is 4.00. The summed E-state index contributed by atoms with van der Waals surface area (Å²) in [6.07, 6.45) is 0. The molecular formula is C14H19N3. The fraction of sp³-hybridized carbons (Fsp3) is 0.357. The molecule has 3 nitrogen and oxygen atoms in total. The molecule has 0 fully saturated rings. The van der Waals surface area contributed by atoms with Crippen LogP contribution in [0.4, 0.5) is 5.69 Å². The topological polar surface area (TPSA) is 50.9 Å². The Hall–Kier alpha value is -1.61. The second-order valence-electron chi connectivity index (χ2n) is 5.43. The van der Waals surface area contributed by atoms with Crippen molar-refractivity contribution in [2.75, 3.05) is 5.43 Å². The number of pyridine rings is 1. The maximum absolute atomic E-state index is 5.59. The first-order valence-corrected chi connectivity index (χ1v) is 5.81. The molecule has 0 aliphatic heterocycles. The van der Waals surface area contributed by atoms with Crippen LogP contribution in [0.15, 0.2) is 24.3 Å². The molecule has 0 amide bonds. The number of nitrogen functional groups attached to an aromatic ring is 1. The number of nitrogens with zero attached hydrogens (tertiary/aromatic N) is 1. The molecule has 17 heavy (non-hydrogen) atoms. The molecule has 0 saturated heterocycles. The summed E-state index contributed by atoms with van der Waals surface area (Å²) in [7, 11) is 0. The minimum atomic E-state index is -0.0296. The van der Waals surface area contributed by atoms with Crippen molar-refractivity contribution < 1.29 is 0 Å². The fourth-order valence-corrected chi connectivity index (χ4v) is 2.03. The summed E-state index contributed by atoms with van der Waals surface area (Å²) in [6, 6.07) is 8.24. The van der Waals surface area contributed by atoms with Crippen molar-refractivity contribution in [2.24, 2.45) is 5.84 Å². The van der Waals surface area contributed by atoms with Gasteiger partial charge in [0, 0.05) is 10.8 Å². The Kier molecular flexibility index (Phi) is 2.79. The van der Waals surface area contributed by atoms with Crippen molar-refractivity contribution in [1.29, 1.82) is 0 Å². The van der Waals surface area contributed by atoms with E-state index in [1.54, 1.807) is 0 Å². The van der Waals surface area contributed by atoms with Gasteiger partial charge in [0.05, 0.1) is 16.9 Å². The molecule has 1 aromatic heterocycles. The van der Waals surface area contributed by atoms with Gasteiger partial charge in [0.2, 0.25) is 0 Å². The predicted octanol–water partition coefficient (Wildman–Crippen LogP) is 3.13. The lowest BCUT2D eigenvalue weighted by Gasteiger charge is -2.22. The van der Waals surface area contributed by atoms with Gasteiger partial charge < -0.3 is 5.43 Å². The van der Waals surface area contributed by atoms with Gasteiger partial charge in [0.15, 0.2) is 0 Å². The standard InChI is InChI=1S/C14H19N3/c1-9-6-5-7-10-8-11(17-15)13(14(2,3)4)16-12(9)10/h5-8,17H,15H2,1-4H3. The number of rotatable bonds is 1. The van der Waals surface area contributed by atoms with Crippen molar-refractivity contribution in [3.63, 3.8) is 0 Å². The SMILES string of the molecule is Cc1cccc2cc(NN)c(C(C)(C)C)nc12. The number of hydrogen-bond acceptors (Lipinski definition) is 3. The monoisotopic (exact) mass is 229 g/mol. The van der Waals surface area contributed by atoms with Crippen LogP contribution in [0.1, 0.15) is 32.0 Å². The third-order valence-corrected chi connectivity index (χ3v) is 2.91. The second-order valence-corrected chi connectivity index (χ2v) is 5.43. The number of fused-ring (bicyclic) bond motifs is 1. The molecule has 0 aliphatic rings. The van der Waals surface area contributed by atoms with Gasteiger partial charge in [0.25, 0.3) is 0 Å². The summed E-state index contributed by atoms with van der Waals surface area (Å²) < 4.78 is 0. The molecule has 0 aliphatic carbocycles. The average molecular weight is 229 g/mol. The molecule has 0 radical (unpaired) electrons. The summed E-state index contributed by atoms with van der Waals surface area (Å²) in [5.74, 6) is 5.59. The number of benzene rings is 1. The number of para-hydroxylation sites is 1. The van der Waals surface area contributed by atoms with E-state index in [1.807, 2.05) is 6.07 Å². The normalized spacial score (nSPS) is 11.8. The third-order valence-electron chi connectivity index (χ3n) is 2.91. The van der Waals surface area contributed by atoms with Crippen molar-refractivity contribution in [1.82, 2.24) is 4.98 Å². The first-order valence-electron chi connectivity index (χ1n) is 5.81. The number of anilines is 1. The Morgan fingerprint density at radius 3 is 2.53 bits per heavy atom. The van der Waals surface area contributed by atoms with Crippen LogP contribution >= 0.6 is 0 Å². The number of nitrogens with one attached hydrogen (secondary N) is 1. The lowest BCUT2D eigenvalue weighted by Crippen LogP contribution is -2.19. The lowest BCUT2D eigenvalue weighted by molar-refractivity contribution is 0.573. The minimum Gasteiger partial charge on any atom is -0.322 e. The highest BCUT2D eigenvalue weighted by Crippen LogP contribution is 2.31. The van der Waals surface area contributed by atoms with Gasteiger partial charge in [-0.1, -0.05) is 39.0 Å². The van der Waals surface area contributed by atoms with E-state index in [1.165, 1.54) is 5.56 Å². The number of nitrogens with two attached hydrogens (primary N) is 1. The van der Waals surface area contributed by atoms with Crippen LogP contribution in [0.5, 0.6) is 0 Å². The highest BCUT2D eigenvalue weighted by molar-refractivity contribution is 5.85. The lowest BCUT2D eigenvalue weighted by atomic mass is 9.89. The van der Waals surface area contributed by atoms with E-state index < -0.39 is 0 Å². The summed E-state index contributed by atoms with van der Waals surface area (Å²) in [4.78, 5) is 4.77. The van der Waals surface area contributed by atoms with Crippen LogP contribution in [0, 0.1) is 6.92 Å². The maximum atomic E-state index is 5.59. The van der Waals surface area contributed by atoms with E-state index in [-0.39, 0.29) is 5.41 Å². The van der Waals surface area contributed by atoms with E-state index in [9.17, 15) is 0 Å². The van der Waals surface area contributed by atoms with Gasteiger partial charge in [-0.2, -0.15) is 0 Å². The van der Waals surface area contributed by atoms with Crippen molar-refractivity contribution in [2.45, 2.75) is 33.1 Å². The first kappa shape index (κ1) is 11.9. The maximum Gasteiger partial charge on any atom is 0.0736 e. The molecular weight excluding hydrogens is 210 g/mol. The van der Waals surface area contributed by atoms with Gasteiger partial charge >= 0.3 is 0 Å². The Morgan fingerprint density at radius 2 is 1.94 bits per heavy atom. The molecule has 1 heterocycles. The molecule has 90 valence electrons. The third kappa shape index (κ3) is 2.11. The van der Waals surface area contributed by atoms with Gasteiger partial charge in [0.1, 0.15) is 0 Å². The average Bonchev–Trinajstić information content (AvgIpc) is 2.26. The van der Waals surface area contributed by atoms with Gasteiger partial charge in [-0.3, -0.25) is 5.84 Å². The van der Waals surface area contributed by atoms with Crippen LogP contribution in [-0.2, 0) is 5.41 Å². The summed E-state index contributed by atoms with van der Waals surface area (Å²) in [5.41, 5.74) is 6.87. The van der Waals surface area contributed by atoms with E-state index in [0.717, 1.165) is 22.3 Å². The summed E-state index contributed by atoms with van der Waals surface area (Å²) >= 11 is 0. The van der Waals surface area contributed by atoms with Crippen molar-refractivity contribution >= 4 is 16.6 Å². The molecule has 1 aromatic carbocycles. The van der Waals surface area contributed by atoms with E-state index >= 15 is 0 Å². The zero-order valence-electron chi connectivity index (χ0n) is 10.8. The van der Waals surface area contributed by atoms with Crippen molar-refractivity contribution in [3.8, 4) is 0 Å². The molecule has 3 N–H and O–H groups in total. The van der Waals surface area contributed by atoms with E-state index in [0.29, 0.717) is 0 Å².